The largest absolute Gasteiger partial charge is 0.493 e. The van der Waals surface area contributed by atoms with Gasteiger partial charge in [-0.15, -0.1) is 0 Å². The monoisotopic (exact) mass is 545 g/mol. The molecular weight excluding hydrogens is 509 g/mol. The smallest absolute Gasteiger partial charge is 0.161 e. The quantitative estimate of drug-likeness (QED) is 0.244. The van der Waals surface area contributed by atoms with Gasteiger partial charge < -0.3 is 9.47 Å². The first-order valence-corrected chi connectivity index (χ1v) is 15.1. The second kappa shape index (κ2) is 12.3. The Morgan fingerprint density at radius 2 is 1.18 bits per heavy atom. The van der Waals surface area contributed by atoms with Gasteiger partial charge in [0.2, 0.25) is 0 Å². The van der Waals surface area contributed by atoms with E-state index in [2.05, 4.69) is 72.8 Å². The minimum absolute atomic E-state index is 0.275. The molecule has 0 aliphatic rings. The predicted octanol–water partition coefficient (Wildman–Crippen LogP) is 5.95. The fourth-order valence-corrected chi connectivity index (χ4v) is 8.40. The topological polar surface area (TPSA) is 38.8 Å². The number of nitrogens with zero attached hydrogens (tertiary/aromatic N) is 1. The zero-order valence-electron chi connectivity index (χ0n) is 22.9. The van der Waals surface area contributed by atoms with Crippen molar-refractivity contribution in [1.82, 2.24) is 4.31 Å². The van der Waals surface area contributed by atoms with Crippen molar-refractivity contribution < 1.29 is 13.7 Å². The van der Waals surface area contributed by atoms with Crippen LogP contribution in [0.15, 0.2) is 103 Å². The molecule has 2 atom stereocenters. The zero-order chi connectivity index (χ0) is 27.3. The van der Waals surface area contributed by atoms with Gasteiger partial charge in [-0.1, -0.05) is 91.0 Å². The average Bonchev–Trinajstić information content (AvgIpc) is 2.94. The van der Waals surface area contributed by atoms with Gasteiger partial charge in [0, 0.05) is 7.05 Å². The molecule has 0 aliphatic carbocycles. The first-order valence-electron chi connectivity index (χ1n) is 12.6. The van der Waals surface area contributed by atoms with Gasteiger partial charge >= 0.3 is 0 Å². The molecule has 198 valence electrons. The van der Waals surface area contributed by atoms with Crippen LogP contribution in [0.2, 0.25) is 0 Å². The summed E-state index contributed by atoms with van der Waals surface area (Å²) in [6.45, 7) is 6.04. The lowest BCUT2D eigenvalue weighted by atomic mass is 9.98. The first kappa shape index (κ1) is 28.0. The molecule has 0 fully saturated rings. The van der Waals surface area contributed by atoms with E-state index in [0.29, 0.717) is 11.5 Å². The Balaban J connectivity index is 2.06. The molecule has 4 nitrogen and oxygen atoms in total. The maximum Gasteiger partial charge on any atom is 0.161 e. The highest BCUT2D eigenvalue weighted by Gasteiger charge is 2.34. The van der Waals surface area contributed by atoms with E-state index >= 15 is 0 Å². The molecule has 4 rings (SSSR count). The first-order chi connectivity index (χ1) is 18.3. The molecule has 0 amide bonds. The highest BCUT2D eigenvalue weighted by Crippen LogP contribution is 2.43. The average molecular weight is 546 g/mol. The van der Waals surface area contributed by atoms with Crippen LogP contribution < -0.4 is 25.4 Å². The van der Waals surface area contributed by atoms with Crippen molar-refractivity contribution in [3.8, 4) is 11.5 Å². The number of ether oxygens (including phenoxy) is 2. The molecule has 0 unspecified atom stereocenters. The van der Waals surface area contributed by atoms with E-state index < -0.39 is 23.7 Å². The molecule has 0 saturated carbocycles. The number of hydrogen-bond acceptors (Lipinski definition) is 3. The standard InChI is InChI=1S/C32H36NO3PS/c1-32(2,3)38(34)33(4)31(24-16-10-7-11-17-24)27-22-28(35-5)29(36-6)23-30(27)37(25-18-12-8-13-19-25)26-20-14-9-15-21-26/h7-23,31H,1-6H3/t31-,38-/m0/s1. The highest BCUT2D eigenvalue weighted by atomic mass is 32.2. The lowest BCUT2D eigenvalue weighted by Crippen LogP contribution is -2.39. The summed E-state index contributed by atoms with van der Waals surface area (Å²) in [6, 6.07) is 35.4. The Morgan fingerprint density at radius 1 is 0.737 bits per heavy atom. The van der Waals surface area contributed by atoms with Crippen LogP contribution in [0.3, 0.4) is 0 Å². The Hall–Kier alpha value is -2.98. The summed E-state index contributed by atoms with van der Waals surface area (Å²) in [5.41, 5.74) is 2.12. The van der Waals surface area contributed by atoms with Gasteiger partial charge in [-0.05, 0) is 67.9 Å². The molecule has 6 heteroatoms. The second-order valence-electron chi connectivity index (χ2n) is 9.99. The number of rotatable bonds is 9. The third kappa shape index (κ3) is 6.02. The van der Waals surface area contributed by atoms with Crippen LogP contribution in [0, 0.1) is 0 Å². The van der Waals surface area contributed by atoms with Gasteiger partial charge in [-0.2, -0.15) is 0 Å². The van der Waals surface area contributed by atoms with Gasteiger partial charge in [-0.3, -0.25) is 0 Å². The van der Waals surface area contributed by atoms with Crippen molar-refractivity contribution in [2.24, 2.45) is 0 Å². The fraction of sp³-hybridized carbons (Fsp3) is 0.250. The van der Waals surface area contributed by atoms with E-state index in [0.717, 1.165) is 16.4 Å². The summed E-state index contributed by atoms with van der Waals surface area (Å²) >= 11 is 0. The third-order valence-electron chi connectivity index (χ3n) is 6.36. The van der Waals surface area contributed by atoms with Crippen LogP contribution in [0.25, 0.3) is 0 Å². The van der Waals surface area contributed by atoms with Crippen LogP contribution in [0.1, 0.15) is 37.9 Å². The molecule has 0 radical (unpaired) electrons. The number of methoxy groups -OCH3 is 2. The van der Waals surface area contributed by atoms with E-state index in [4.69, 9.17) is 9.47 Å². The molecular formula is C32H36NO3PS. The van der Waals surface area contributed by atoms with Crippen molar-refractivity contribution in [2.75, 3.05) is 21.3 Å². The van der Waals surface area contributed by atoms with E-state index in [-0.39, 0.29) is 6.04 Å². The Labute approximate surface area is 231 Å². The van der Waals surface area contributed by atoms with E-state index in [1.807, 2.05) is 62.5 Å². The predicted molar refractivity (Wildman–Crippen MR) is 162 cm³/mol. The minimum atomic E-state index is -1.27. The van der Waals surface area contributed by atoms with E-state index in [1.165, 1.54) is 10.6 Å². The molecule has 0 bridgehead atoms. The van der Waals surface area contributed by atoms with Crippen molar-refractivity contribution in [2.45, 2.75) is 31.6 Å². The van der Waals surface area contributed by atoms with E-state index in [1.54, 1.807) is 14.2 Å². The molecule has 0 spiro atoms. The summed E-state index contributed by atoms with van der Waals surface area (Å²) in [5.74, 6) is 1.33. The Kier molecular flexibility index (Phi) is 9.04. The Bertz CT molecular complexity index is 1320. The van der Waals surface area contributed by atoms with Crippen LogP contribution in [-0.4, -0.2) is 34.5 Å². The molecule has 0 aromatic heterocycles. The maximum atomic E-state index is 13.8. The maximum absolute atomic E-state index is 13.8. The molecule has 0 heterocycles. The van der Waals surface area contributed by atoms with Crippen molar-refractivity contribution in [3.05, 3.63) is 114 Å². The van der Waals surface area contributed by atoms with Crippen molar-refractivity contribution in [1.29, 1.82) is 0 Å². The summed E-state index contributed by atoms with van der Waals surface area (Å²) in [5, 5.41) is 3.60. The molecule has 4 aromatic rings. The van der Waals surface area contributed by atoms with Gasteiger partial charge in [-0.25, -0.2) is 8.51 Å². The molecule has 38 heavy (non-hydrogen) atoms. The zero-order valence-corrected chi connectivity index (χ0v) is 24.6. The van der Waals surface area contributed by atoms with Crippen molar-refractivity contribution >= 4 is 34.8 Å². The summed E-state index contributed by atoms with van der Waals surface area (Å²) in [6.07, 6.45) is 0. The number of benzene rings is 4. The Morgan fingerprint density at radius 3 is 1.63 bits per heavy atom. The van der Waals surface area contributed by atoms with Crippen LogP contribution in [0.4, 0.5) is 0 Å². The summed E-state index contributed by atoms with van der Waals surface area (Å²) < 4.78 is 27.0. The van der Waals surface area contributed by atoms with Gasteiger partial charge in [0.15, 0.2) is 11.5 Å². The lowest BCUT2D eigenvalue weighted by molar-refractivity contribution is 0.353. The van der Waals surface area contributed by atoms with Crippen LogP contribution in [-0.2, 0) is 11.0 Å². The van der Waals surface area contributed by atoms with Crippen LogP contribution >= 0.6 is 7.92 Å². The van der Waals surface area contributed by atoms with Gasteiger partial charge in [0.25, 0.3) is 0 Å². The normalized spacial score (nSPS) is 13.4. The van der Waals surface area contributed by atoms with Gasteiger partial charge in [0.05, 0.1) is 25.0 Å². The van der Waals surface area contributed by atoms with E-state index in [9.17, 15) is 4.21 Å². The molecule has 0 saturated heterocycles. The SMILES string of the molecule is COc1cc([C@H](c2ccccc2)N(C)[S@@](=O)C(C)(C)C)c(P(c2ccccc2)c2ccccc2)cc1OC. The summed E-state index contributed by atoms with van der Waals surface area (Å²) in [4.78, 5) is 0. The van der Waals surface area contributed by atoms with Crippen molar-refractivity contribution in [3.63, 3.8) is 0 Å². The fourth-order valence-electron chi connectivity index (χ4n) is 4.63. The number of hydrogen-bond donors (Lipinski definition) is 0. The minimum Gasteiger partial charge on any atom is -0.493 e. The molecule has 0 aliphatic heterocycles. The van der Waals surface area contributed by atoms with Gasteiger partial charge in [0.1, 0.15) is 11.0 Å². The lowest BCUT2D eigenvalue weighted by Gasteiger charge is -2.35. The summed E-state index contributed by atoms with van der Waals surface area (Å²) in [7, 11) is 3.05. The highest BCUT2D eigenvalue weighted by molar-refractivity contribution is 7.84. The molecule has 4 aromatic carbocycles. The van der Waals surface area contributed by atoms with Crippen LogP contribution in [0.5, 0.6) is 11.5 Å². The third-order valence-corrected chi connectivity index (χ3v) is 10.6. The second-order valence-corrected chi connectivity index (χ2v) is 14.5. The molecule has 0 N–H and O–H groups in total.